The van der Waals surface area contributed by atoms with Crippen LogP contribution in [0.2, 0.25) is 0 Å². The minimum absolute atomic E-state index is 0.108. The number of amides is 1. The van der Waals surface area contributed by atoms with Gasteiger partial charge in [0, 0.05) is 17.9 Å². The Balaban J connectivity index is 2.14. The summed E-state index contributed by atoms with van der Waals surface area (Å²) < 4.78 is 9.29. The molecule has 1 aromatic heterocycles. The molecule has 1 aliphatic heterocycles. The second kappa shape index (κ2) is 5.17. The number of carbonyl (C=O) groups excluding carboxylic acids is 1. The van der Waals surface area contributed by atoms with Crippen LogP contribution in [-0.2, 0) is 4.79 Å². The Bertz CT molecular complexity index is 726. The number of aromatic carboxylic acids is 1. The van der Waals surface area contributed by atoms with E-state index in [4.69, 9.17) is 9.84 Å². The quantitative estimate of drug-likeness (QED) is 0.908. The van der Waals surface area contributed by atoms with Crippen LogP contribution in [-0.4, -0.2) is 28.5 Å². The lowest BCUT2D eigenvalue weighted by atomic mass is 9.89. The molecule has 2 aromatic rings. The average molecular weight is 304 g/mol. The fourth-order valence-corrected chi connectivity index (χ4v) is 3.42. The van der Waals surface area contributed by atoms with Gasteiger partial charge >= 0.3 is 5.97 Å². The molecule has 0 radical (unpaired) electrons. The van der Waals surface area contributed by atoms with Crippen molar-refractivity contribution in [3.63, 3.8) is 0 Å². The number of benzene rings is 1. The first-order valence-corrected chi connectivity index (χ1v) is 7.04. The van der Waals surface area contributed by atoms with Gasteiger partial charge in [-0.2, -0.15) is 4.37 Å². The number of carboxylic acids is 1. The smallest absolute Gasteiger partial charge is 0.357 e. The predicted molar refractivity (Wildman–Crippen MR) is 77.2 cm³/mol. The number of methoxy groups -OCH3 is 1. The van der Waals surface area contributed by atoms with E-state index >= 15 is 0 Å². The number of rotatable bonds is 3. The maximum atomic E-state index is 11.9. The van der Waals surface area contributed by atoms with Gasteiger partial charge in [-0.15, -0.1) is 0 Å². The number of aromatic nitrogens is 1. The van der Waals surface area contributed by atoms with Crippen LogP contribution in [0.25, 0.3) is 0 Å². The summed E-state index contributed by atoms with van der Waals surface area (Å²) in [6.07, 6.45) is 0.245. The molecule has 1 amide bonds. The molecule has 0 fully saturated rings. The second-order valence-corrected chi connectivity index (χ2v) is 5.43. The highest BCUT2D eigenvalue weighted by Crippen LogP contribution is 2.44. The van der Waals surface area contributed by atoms with Crippen molar-refractivity contribution in [3.05, 3.63) is 40.4 Å². The van der Waals surface area contributed by atoms with E-state index in [9.17, 15) is 9.59 Å². The molecule has 1 aliphatic rings. The van der Waals surface area contributed by atoms with E-state index in [1.165, 1.54) is 0 Å². The molecule has 21 heavy (non-hydrogen) atoms. The molecule has 2 N–H and O–H groups in total. The number of carboxylic acid groups (broad SMARTS) is 1. The van der Waals surface area contributed by atoms with E-state index in [2.05, 4.69) is 9.69 Å². The van der Waals surface area contributed by atoms with E-state index < -0.39 is 5.97 Å². The van der Waals surface area contributed by atoms with E-state index in [0.29, 0.717) is 11.4 Å². The number of nitrogens with one attached hydrogen (secondary N) is 1. The average Bonchev–Trinajstić information content (AvgIpc) is 2.90. The minimum Gasteiger partial charge on any atom is -0.496 e. The topological polar surface area (TPSA) is 88.5 Å². The number of ether oxygens (including phenoxy) is 1. The lowest BCUT2D eigenvalue weighted by molar-refractivity contribution is -0.116. The summed E-state index contributed by atoms with van der Waals surface area (Å²) in [6.45, 7) is 0. The Morgan fingerprint density at radius 3 is 2.95 bits per heavy atom. The van der Waals surface area contributed by atoms with Gasteiger partial charge in [0.2, 0.25) is 5.91 Å². The molecule has 1 unspecified atom stereocenters. The molecule has 6 nitrogen and oxygen atoms in total. The molecule has 2 heterocycles. The van der Waals surface area contributed by atoms with Crippen molar-refractivity contribution in [1.29, 1.82) is 0 Å². The summed E-state index contributed by atoms with van der Waals surface area (Å²) in [7, 11) is 1.57. The third-order valence-electron chi connectivity index (χ3n) is 3.41. The highest BCUT2D eigenvalue weighted by molar-refractivity contribution is 7.06. The molecule has 0 bridgehead atoms. The normalized spacial score (nSPS) is 17.0. The number of fused-ring (bicyclic) bond motifs is 1. The summed E-state index contributed by atoms with van der Waals surface area (Å²) in [6, 6.07) is 7.41. The fraction of sp³-hybridized carbons (Fsp3) is 0.214. The molecule has 108 valence electrons. The molecule has 0 saturated carbocycles. The second-order valence-electron chi connectivity index (χ2n) is 4.62. The summed E-state index contributed by atoms with van der Waals surface area (Å²) in [5.41, 5.74) is 1.05. The van der Waals surface area contributed by atoms with E-state index in [1.54, 1.807) is 7.11 Å². The number of hydrogen-bond acceptors (Lipinski definition) is 5. The van der Waals surface area contributed by atoms with Crippen LogP contribution in [0.15, 0.2) is 24.3 Å². The molecule has 3 rings (SSSR count). The lowest BCUT2D eigenvalue weighted by Gasteiger charge is -2.23. The third-order valence-corrected chi connectivity index (χ3v) is 4.37. The van der Waals surface area contributed by atoms with Crippen LogP contribution < -0.4 is 10.1 Å². The van der Waals surface area contributed by atoms with Gasteiger partial charge in [-0.05, 0) is 17.6 Å². The highest BCUT2D eigenvalue weighted by Gasteiger charge is 2.34. The monoisotopic (exact) mass is 304 g/mol. The van der Waals surface area contributed by atoms with Gasteiger partial charge in [0.25, 0.3) is 0 Å². The van der Waals surface area contributed by atoms with Crippen molar-refractivity contribution in [3.8, 4) is 5.75 Å². The maximum Gasteiger partial charge on any atom is 0.357 e. The Kier molecular flexibility index (Phi) is 3.34. The molecule has 1 atom stereocenters. The van der Waals surface area contributed by atoms with Gasteiger partial charge in [0.05, 0.1) is 17.7 Å². The van der Waals surface area contributed by atoms with Crippen LogP contribution >= 0.6 is 11.5 Å². The first-order chi connectivity index (χ1) is 10.1. The molecule has 1 aromatic carbocycles. The van der Waals surface area contributed by atoms with Crippen molar-refractivity contribution in [2.24, 2.45) is 0 Å². The first kappa shape index (κ1) is 13.6. The molecule has 7 heteroatoms. The highest BCUT2D eigenvalue weighted by atomic mass is 32.1. The van der Waals surface area contributed by atoms with Crippen molar-refractivity contribution < 1.29 is 19.4 Å². The lowest BCUT2D eigenvalue weighted by Crippen LogP contribution is -2.23. The van der Waals surface area contributed by atoms with E-state index in [0.717, 1.165) is 22.0 Å². The SMILES string of the molecule is COc1ccccc1C1CC(=O)Nc2c(C(=O)O)nsc21. The third kappa shape index (κ3) is 2.25. The maximum absolute atomic E-state index is 11.9. The van der Waals surface area contributed by atoms with Gasteiger partial charge in [-0.25, -0.2) is 4.79 Å². The van der Waals surface area contributed by atoms with Crippen LogP contribution in [0.5, 0.6) is 5.75 Å². The van der Waals surface area contributed by atoms with Crippen LogP contribution in [0.3, 0.4) is 0 Å². The Hall–Kier alpha value is -2.41. The number of para-hydroxylation sites is 1. The Labute approximate surface area is 124 Å². The number of nitrogens with zero attached hydrogens (tertiary/aromatic N) is 1. The molecular formula is C14H12N2O4S. The van der Waals surface area contributed by atoms with Gasteiger partial charge < -0.3 is 15.2 Å². The summed E-state index contributed by atoms with van der Waals surface area (Å²) in [5.74, 6) is -0.932. The van der Waals surface area contributed by atoms with E-state index in [-0.39, 0.29) is 23.9 Å². The van der Waals surface area contributed by atoms with Crippen molar-refractivity contribution in [2.75, 3.05) is 12.4 Å². The largest absolute Gasteiger partial charge is 0.496 e. The van der Waals surface area contributed by atoms with Crippen LogP contribution in [0.4, 0.5) is 5.69 Å². The van der Waals surface area contributed by atoms with Crippen LogP contribution in [0, 0.1) is 0 Å². The zero-order chi connectivity index (χ0) is 15.0. The first-order valence-electron chi connectivity index (χ1n) is 6.27. The minimum atomic E-state index is -1.14. The standard InChI is InChI=1S/C14H12N2O4S/c1-20-9-5-3-2-4-7(9)8-6-10(17)15-11-12(14(18)19)16-21-13(8)11/h2-5,8H,6H2,1H3,(H,15,17)(H,18,19). The number of anilines is 1. The van der Waals surface area contributed by atoms with Gasteiger partial charge in [0.1, 0.15) is 5.75 Å². The van der Waals surface area contributed by atoms with Crippen LogP contribution in [0.1, 0.15) is 33.3 Å². The van der Waals surface area contributed by atoms with Crippen molar-refractivity contribution >= 4 is 29.1 Å². The Morgan fingerprint density at radius 2 is 2.24 bits per heavy atom. The van der Waals surface area contributed by atoms with Crippen molar-refractivity contribution in [1.82, 2.24) is 4.37 Å². The van der Waals surface area contributed by atoms with E-state index in [1.807, 2.05) is 24.3 Å². The molecule has 0 spiro atoms. The summed E-state index contributed by atoms with van der Waals surface area (Å²) >= 11 is 1.10. The summed E-state index contributed by atoms with van der Waals surface area (Å²) in [4.78, 5) is 23.8. The van der Waals surface area contributed by atoms with Gasteiger partial charge in [-0.1, -0.05) is 18.2 Å². The zero-order valence-corrected chi connectivity index (χ0v) is 11.9. The summed E-state index contributed by atoms with van der Waals surface area (Å²) in [5, 5.41) is 11.8. The number of hydrogen-bond donors (Lipinski definition) is 2. The zero-order valence-electron chi connectivity index (χ0n) is 11.1. The van der Waals surface area contributed by atoms with Crippen molar-refractivity contribution in [2.45, 2.75) is 12.3 Å². The molecular weight excluding hydrogens is 292 g/mol. The number of carbonyl (C=O) groups is 2. The fourth-order valence-electron chi connectivity index (χ4n) is 2.48. The van der Waals surface area contributed by atoms with Gasteiger partial charge in [0.15, 0.2) is 5.69 Å². The molecule has 0 saturated heterocycles. The molecule has 0 aliphatic carbocycles. The Morgan fingerprint density at radius 1 is 1.48 bits per heavy atom. The van der Waals surface area contributed by atoms with Gasteiger partial charge in [-0.3, -0.25) is 4.79 Å². The predicted octanol–water partition coefficient (Wildman–Crippen LogP) is 2.32.